The molecule has 0 aliphatic rings. The van der Waals surface area contributed by atoms with Crippen molar-refractivity contribution in [1.82, 2.24) is 14.5 Å². The van der Waals surface area contributed by atoms with Crippen LogP contribution in [-0.2, 0) is 12.8 Å². The van der Waals surface area contributed by atoms with E-state index in [1.165, 1.54) is 11.8 Å². The van der Waals surface area contributed by atoms with Gasteiger partial charge in [-0.05, 0) is 31.2 Å². The number of hydrogen-bond acceptors (Lipinski definition) is 5. The molecule has 0 atom stereocenters. The molecule has 0 bridgehead atoms. The predicted molar refractivity (Wildman–Crippen MR) is 92.0 cm³/mol. The molecule has 0 saturated heterocycles. The Hall–Kier alpha value is -2.34. The quantitative estimate of drug-likeness (QED) is 0.532. The van der Waals surface area contributed by atoms with Gasteiger partial charge in [0.25, 0.3) is 5.56 Å². The molecule has 1 aromatic carbocycles. The van der Waals surface area contributed by atoms with E-state index >= 15 is 0 Å². The van der Waals surface area contributed by atoms with Crippen LogP contribution >= 0.6 is 11.8 Å². The van der Waals surface area contributed by atoms with Gasteiger partial charge in [0.2, 0.25) is 0 Å². The second kappa shape index (κ2) is 6.83. The van der Waals surface area contributed by atoms with Gasteiger partial charge in [-0.25, -0.2) is 4.98 Å². The van der Waals surface area contributed by atoms with Crippen LogP contribution in [0.15, 0.2) is 52.5 Å². The summed E-state index contributed by atoms with van der Waals surface area (Å²) in [6.07, 6.45) is 1.71. The second-order valence-electron chi connectivity index (χ2n) is 4.98. The van der Waals surface area contributed by atoms with Gasteiger partial charge in [-0.15, -0.1) is 0 Å². The molecule has 0 amide bonds. The summed E-state index contributed by atoms with van der Waals surface area (Å²) in [6, 6.07) is 11.2. The number of nitrogens with zero attached hydrogens (tertiary/aromatic N) is 3. The van der Waals surface area contributed by atoms with Gasteiger partial charge in [-0.1, -0.05) is 23.9 Å². The number of ether oxygens (including phenoxy) is 1. The summed E-state index contributed by atoms with van der Waals surface area (Å²) in [6.45, 7) is 2.56. The number of pyridine rings is 1. The highest BCUT2D eigenvalue weighted by molar-refractivity contribution is 7.98. The van der Waals surface area contributed by atoms with Gasteiger partial charge in [0.15, 0.2) is 5.16 Å². The molecule has 2 heterocycles. The fourth-order valence-corrected chi connectivity index (χ4v) is 3.10. The highest BCUT2D eigenvalue weighted by Gasteiger charge is 2.09. The lowest BCUT2D eigenvalue weighted by molar-refractivity contribution is 0.338. The van der Waals surface area contributed by atoms with Crippen LogP contribution in [0.2, 0.25) is 0 Å². The van der Waals surface area contributed by atoms with Crippen molar-refractivity contribution in [2.24, 2.45) is 7.05 Å². The van der Waals surface area contributed by atoms with Crippen LogP contribution in [-0.4, -0.2) is 21.1 Å². The van der Waals surface area contributed by atoms with Gasteiger partial charge in [0.05, 0.1) is 29.4 Å². The molecule has 0 aliphatic heterocycles. The lowest BCUT2D eigenvalue weighted by Crippen LogP contribution is -2.19. The van der Waals surface area contributed by atoms with Crippen LogP contribution in [0.1, 0.15) is 12.6 Å². The third-order valence-corrected chi connectivity index (χ3v) is 4.46. The highest BCUT2D eigenvalue weighted by Crippen LogP contribution is 2.21. The molecule has 6 heteroatoms. The molecule has 3 aromatic rings. The lowest BCUT2D eigenvalue weighted by atomic mass is 10.2. The van der Waals surface area contributed by atoms with E-state index in [2.05, 4.69) is 9.97 Å². The Morgan fingerprint density at radius 3 is 2.78 bits per heavy atom. The van der Waals surface area contributed by atoms with Gasteiger partial charge in [0, 0.05) is 12.8 Å². The fraction of sp³-hybridized carbons (Fsp3) is 0.235. The van der Waals surface area contributed by atoms with Crippen LogP contribution in [0.3, 0.4) is 0 Å². The van der Waals surface area contributed by atoms with Gasteiger partial charge >= 0.3 is 0 Å². The maximum atomic E-state index is 12.4. The first-order valence-electron chi connectivity index (χ1n) is 7.35. The van der Waals surface area contributed by atoms with E-state index in [0.717, 1.165) is 17.0 Å². The molecule has 0 spiro atoms. The number of rotatable bonds is 5. The van der Waals surface area contributed by atoms with Crippen molar-refractivity contribution in [1.29, 1.82) is 0 Å². The molecule has 0 radical (unpaired) electrons. The van der Waals surface area contributed by atoms with E-state index in [1.54, 1.807) is 23.9 Å². The largest absolute Gasteiger partial charge is 0.492 e. The molecule has 0 N–H and O–H groups in total. The standard InChI is InChI=1S/C17H17N3O2S/c1-3-22-13-9-8-12(18-10-13)11-23-17-19-15-7-5-4-6-14(15)16(21)20(17)2/h4-10H,3,11H2,1-2H3. The zero-order chi connectivity index (χ0) is 16.2. The summed E-state index contributed by atoms with van der Waals surface area (Å²) in [5, 5.41) is 1.32. The molecule has 0 saturated carbocycles. The number of thioether (sulfide) groups is 1. The van der Waals surface area contributed by atoms with E-state index < -0.39 is 0 Å². The fourth-order valence-electron chi connectivity index (χ4n) is 2.21. The SMILES string of the molecule is CCOc1ccc(CSc2nc3ccccc3c(=O)n2C)nc1. The van der Waals surface area contributed by atoms with Crippen LogP contribution in [0.4, 0.5) is 0 Å². The van der Waals surface area contributed by atoms with Crippen molar-refractivity contribution >= 4 is 22.7 Å². The zero-order valence-electron chi connectivity index (χ0n) is 13.0. The van der Waals surface area contributed by atoms with Crippen molar-refractivity contribution in [3.05, 3.63) is 58.6 Å². The first kappa shape index (κ1) is 15.6. The summed E-state index contributed by atoms with van der Waals surface area (Å²) in [5.74, 6) is 1.41. The Balaban J connectivity index is 1.81. The molecule has 0 unspecified atom stereocenters. The zero-order valence-corrected chi connectivity index (χ0v) is 13.8. The van der Waals surface area contributed by atoms with E-state index in [-0.39, 0.29) is 5.56 Å². The number of fused-ring (bicyclic) bond motifs is 1. The predicted octanol–water partition coefficient (Wildman–Crippen LogP) is 3.02. The maximum Gasteiger partial charge on any atom is 0.261 e. The monoisotopic (exact) mass is 327 g/mol. The number of para-hydroxylation sites is 1. The molecule has 3 rings (SSSR count). The molecule has 2 aromatic heterocycles. The summed E-state index contributed by atoms with van der Waals surface area (Å²) >= 11 is 1.50. The van der Waals surface area contributed by atoms with Crippen molar-refractivity contribution in [3.63, 3.8) is 0 Å². The summed E-state index contributed by atoms with van der Waals surface area (Å²) in [5.41, 5.74) is 1.61. The Morgan fingerprint density at radius 1 is 1.22 bits per heavy atom. The van der Waals surface area contributed by atoms with E-state index in [0.29, 0.717) is 22.9 Å². The van der Waals surface area contributed by atoms with Gasteiger partial charge in [-0.2, -0.15) is 0 Å². The Labute approximate surface area is 138 Å². The van der Waals surface area contributed by atoms with Gasteiger partial charge in [0.1, 0.15) is 5.75 Å². The third kappa shape index (κ3) is 3.37. The first-order valence-corrected chi connectivity index (χ1v) is 8.34. The molecule has 0 aliphatic carbocycles. The highest BCUT2D eigenvalue weighted by atomic mass is 32.2. The average molecular weight is 327 g/mol. The number of aromatic nitrogens is 3. The topological polar surface area (TPSA) is 57.0 Å². The number of hydrogen-bond donors (Lipinski definition) is 0. The van der Waals surface area contributed by atoms with Gasteiger partial charge < -0.3 is 4.74 Å². The van der Waals surface area contributed by atoms with Crippen molar-refractivity contribution in [3.8, 4) is 5.75 Å². The van der Waals surface area contributed by atoms with Crippen LogP contribution in [0.5, 0.6) is 5.75 Å². The Bertz CT molecular complexity index is 875. The second-order valence-corrected chi connectivity index (χ2v) is 5.93. The van der Waals surface area contributed by atoms with Crippen LogP contribution in [0, 0.1) is 0 Å². The number of benzene rings is 1. The summed E-state index contributed by atoms with van der Waals surface area (Å²) < 4.78 is 6.96. The minimum Gasteiger partial charge on any atom is -0.492 e. The van der Waals surface area contributed by atoms with Crippen LogP contribution < -0.4 is 10.3 Å². The van der Waals surface area contributed by atoms with Crippen molar-refractivity contribution in [2.45, 2.75) is 17.8 Å². The Kier molecular flexibility index (Phi) is 4.62. The molecule has 0 fully saturated rings. The lowest BCUT2D eigenvalue weighted by Gasteiger charge is -2.08. The van der Waals surface area contributed by atoms with E-state index in [1.807, 2.05) is 37.3 Å². The van der Waals surface area contributed by atoms with E-state index in [4.69, 9.17) is 4.74 Å². The van der Waals surface area contributed by atoms with E-state index in [9.17, 15) is 4.79 Å². The first-order chi connectivity index (χ1) is 11.2. The molecular weight excluding hydrogens is 310 g/mol. The van der Waals surface area contributed by atoms with Crippen molar-refractivity contribution < 1.29 is 4.74 Å². The van der Waals surface area contributed by atoms with Gasteiger partial charge in [-0.3, -0.25) is 14.3 Å². The molecule has 5 nitrogen and oxygen atoms in total. The van der Waals surface area contributed by atoms with Crippen LogP contribution in [0.25, 0.3) is 10.9 Å². The average Bonchev–Trinajstić information content (AvgIpc) is 2.58. The maximum absolute atomic E-state index is 12.4. The summed E-state index contributed by atoms with van der Waals surface area (Å²) in [4.78, 5) is 21.3. The molecule has 118 valence electrons. The Morgan fingerprint density at radius 2 is 2.04 bits per heavy atom. The third-order valence-electron chi connectivity index (χ3n) is 3.40. The smallest absolute Gasteiger partial charge is 0.261 e. The molecular formula is C17H17N3O2S. The molecule has 23 heavy (non-hydrogen) atoms. The van der Waals surface area contributed by atoms with Crippen molar-refractivity contribution in [2.75, 3.05) is 6.61 Å². The normalized spacial score (nSPS) is 10.9. The minimum atomic E-state index is -0.0299. The minimum absolute atomic E-state index is 0.0299. The summed E-state index contributed by atoms with van der Waals surface area (Å²) in [7, 11) is 1.75.